The second kappa shape index (κ2) is 10.9. The summed E-state index contributed by atoms with van der Waals surface area (Å²) in [5.74, 6) is 1.08. The van der Waals surface area contributed by atoms with E-state index in [1.807, 2.05) is 31.2 Å². The highest BCUT2D eigenvalue weighted by atomic mass is 16.5. The minimum Gasteiger partial charge on any atom is -0.497 e. The molecule has 0 aliphatic heterocycles. The molecule has 3 aromatic rings. The van der Waals surface area contributed by atoms with Crippen molar-refractivity contribution in [1.82, 2.24) is 10.6 Å². The average molecular weight is 450 g/mol. The third-order valence-electron chi connectivity index (χ3n) is 4.93. The molecule has 0 aliphatic rings. The standard InChI is InChI=1S/C25H26N2O6/c1-16(17-7-10-19(30-2)11-8-17)26-25(29)21(15-20-6-5-13-33-20)27-24(28)18-9-12-22(31-3)23(14-18)32-4/h5-16H,1-4H3,(H,26,29)(H,27,28)/b21-15-. The molecule has 1 unspecified atom stereocenters. The quantitative estimate of drug-likeness (QED) is 0.479. The summed E-state index contributed by atoms with van der Waals surface area (Å²) in [6, 6.07) is 15.2. The molecule has 1 heterocycles. The van der Waals surface area contributed by atoms with Crippen molar-refractivity contribution in [1.29, 1.82) is 0 Å². The monoisotopic (exact) mass is 450 g/mol. The maximum atomic E-state index is 13.1. The zero-order valence-electron chi connectivity index (χ0n) is 18.9. The van der Waals surface area contributed by atoms with Crippen LogP contribution < -0.4 is 24.8 Å². The van der Waals surface area contributed by atoms with Gasteiger partial charge in [0, 0.05) is 11.6 Å². The fraction of sp³-hybridized carbons (Fsp3) is 0.200. The van der Waals surface area contributed by atoms with E-state index < -0.39 is 11.8 Å². The van der Waals surface area contributed by atoms with Gasteiger partial charge in [-0.05, 0) is 55.0 Å². The number of benzene rings is 2. The topological polar surface area (TPSA) is 99.0 Å². The molecule has 2 amide bonds. The molecule has 0 bridgehead atoms. The van der Waals surface area contributed by atoms with Crippen LogP contribution in [0.1, 0.15) is 34.6 Å². The van der Waals surface area contributed by atoms with Gasteiger partial charge in [-0.3, -0.25) is 9.59 Å². The number of hydrogen-bond acceptors (Lipinski definition) is 6. The second-order valence-corrected chi connectivity index (χ2v) is 7.07. The summed E-state index contributed by atoms with van der Waals surface area (Å²) in [5, 5.41) is 5.56. The molecule has 33 heavy (non-hydrogen) atoms. The van der Waals surface area contributed by atoms with E-state index in [9.17, 15) is 9.59 Å². The molecule has 0 fully saturated rings. The lowest BCUT2D eigenvalue weighted by atomic mass is 10.1. The second-order valence-electron chi connectivity index (χ2n) is 7.07. The smallest absolute Gasteiger partial charge is 0.268 e. The van der Waals surface area contributed by atoms with Crippen LogP contribution in [0.5, 0.6) is 17.2 Å². The van der Waals surface area contributed by atoms with E-state index in [0.29, 0.717) is 22.8 Å². The maximum absolute atomic E-state index is 13.1. The van der Waals surface area contributed by atoms with Crippen molar-refractivity contribution in [3.8, 4) is 17.2 Å². The molecule has 0 spiro atoms. The van der Waals surface area contributed by atoms with Crippen molar-refractivity contribution in [3.63, 3.8) is 0 Å². The van der Waals surface area contributed by atoms with Gasteiger partial charge in [-0.15, -0.1) is 0 Å². The molecule has 1 aromatic heterocycles. The number of amides is 2. The first-order chi connectivity index (χ1) is 15.9. The molecule has 3 rings (SSSR count). The number of carbonyl (C=O) groups excluding carboxylic acids is 2. The predicted octanol–water partition coefficient (Wildman–Crippen LogP) is 3.95. The molecular weight excluding hydrogens is 424 g/mol. The number of rotatable bonds is 9. The molecule has 172 valence electrons. The first-order valence-electron chi connectivity index (χ1n) is 10.2. The van der Waals surface area contributed by atoms with Crippen LogP contribution in [0.25, 0.3) is 6.08 Å². The zero-order valence-corrected chi connectivity index (χ0v) is 18.9. The molecule has 0 saturated carbocycles. The Morgan fingerprint density at radius 1 is 0.939 bits per heavy atom. The molecule has 8 heteroatoms. The van der Waals surface area contributed by atoms with Crippen LogP contribution in [0, 0.1) is 0 Å². The summed E-state index contributed by atoms with van der Waals surface area (Å²) in [7, 11) is 4.58. The van der Waals surface area contributed by atoms with Crippen LogP contribution in [-0.2, 0) is 4.79 Å². The maximum Gasteiger partial charge on any atom is 0.268 e. The van der Waals surface area contributed by atoms with Crippen molar-refractivity contribution in [3.05, 3.63) is 83.4 Å². The highest BCUT2D eigenvalue weighted by Gasteiger charge is 2.19. The van der Waals surface area contributed by atoms with Gasteiger partial charge in [0.1, 0.15) is 17.2 Å². The van der Waals surface area contributed by atoms with Crippen LogP contribution in [0.4, 0.5) is 0 Å². The van der Waals surface area contributed by atoms with Gasteiger partial charge in [0.2, 0.25) is 0 Å². The van der Waals surface area contributed by atoms with Crippen LogP contribution >= 0.6 is 0 Å². The van der Waals surface area contributed by atoms with Crippen molar-refractivity contribution in [2.45, 2.75) is 13.0 Å². The lowest BCUT2D eigenvalue weighted by Crippen LogP contribution is -2.36. The third kappa shape index (κ3) is 5.94. The van der Waals surface area contributed by atoms with E-state index in [1.54, 1.807) is 31.4 Å². The molecule has 0 saturated heterocycles. The van der Waals surface area contributed by atoms with Gasteiger partial charge < -0.3 is 29.3 Å². The summed E-state index contributed by atoms with van der Waals surface area (Å²) in [6.45, 7) is 1.85. The number of carbonyl (C=O) groups is 2. The van der Waals surface area contributed by atoms with Gasteiger partial charge in [-0.25, -0.2) is 0 Å². The summed E-state index contributed by atoms with van der Waals surface area (Å²) in [6.07, 6.45) is 2.95. The van der Waals surface area contributed by atoms with Crippen LogP contribution in [0.15, 0.2) is 71.0 Å². The Labute approximate surface area is 192 Å². The number of nitrogens with one attached hydrogen (secondary N) is 2. The lowest BCUT2D eigenvalue weighted by molar-refractivity contribution is -0.118. The highest BCUT2D eigenvalue weighted by Crippen LogP contribution is 2.27. The third-order valence-corrected chi connectivity index (χ3v) is 4.93. The van der Waals surface area contributed by atoms with Gasteiger partial charge in [0.15, 0.2) is 11.5 Å². The van der Waals surface area contributed by atoms with Gasteiger partial charge in [-0.1, -0.05) is 12.1 Å². The first kappa shape index (κ1) is 23.5. The van der Waals surface area contributed by atoms with Crippen molar-refractivity contribution < 1.29 is 28.2 Å². The van der Waals surface area contributed by atoms with Gasteiger partial charge in [0.25, 0.3) is 11.8 Å². The molecular formula is C25H26N2O6. The molecule has 8 nitrogen and oxygen atoms in total. The van der Waals surface area contributed by atoms with Crippen molar-refractivity contribution in [2.75, 3.05) is 21.3 Å². The summed E-state index contributed by atoms with van der Waals surface area (Å²) in [5.41, 5.74) is 1.21. The number of methoxy groups -OCH3 is 3. The van der Waals surface area contributed by atoms with Crippen molar-refractivity contribution >= 4 is 17.9 Å². The Kier molecular flexibility index (Phi) is 7.75. The summed E-state index contributed by atoms with van der Waals surface area (Å²) >= 11 is 0. The fourth-order valence-electron chi connectivity index (χ4n) is 3.10. The van der Waals surface area contributed by atoms with Gasteiger partial charge in [-0.2, -0.15) is 0 Å². The van der Waals surface area contributed by atoms with Gasteiger partial charge in [0.05, 0.1) is 33.6 Å². The Morgan fingerprint density at radius 2 is 1.67 bits per heavy atom. The molecule has 0 aliphatic carbocycles. The van der Waals surface area contributed by atoms with E-state index >= 15 is 0 Å². The number of ether oxygens (including phenoxy) is 3. The molecule has 0 radical (unpaired) electrons. The van der Waals surface area contributed by atoms with Crippen molar-refractivity contribution in [2.24, 2.45) is 0 Å². The number of hydrogen-bond donors (Lipinski definition) is 2. The lowest BCUT2D eigenvalue weighted by Gasteiger charge is -2.17. The van der Waals surface area contributed by atoms with E-state index in [4.69, 9.17) is 18.6 Å². The highest BCUT2D eigenvalue weighted by molar-refractivity contribution is 6.05. The van der Waals surface area contributed by atoms with E-state index in [2.05, 4.69) is 10.6 Å². The predicted molar refractivity (Wildman–Crippen MR) is 123 cm³/mol. The number of furan rings is 1. The van der Waals surface area contributed by atoms with E-state index in [-0.39, 0.29) is 11.7 Å². The normalized spacial score (nSPS) is 11.9. The first-order valence-corrected chi connectivity index (χ1v) is 10.2. The fourth-order valence-corrected chi connectivity index (χ4v) is 3.10. The SMILES string of the molecule is COc1ccc(C(C)NC(=O)/C(=C/c2ccco2)NC(=O)c2ccc(OC)c(OC)c2)cc1. The summed E-state index contributed by atoms with van der Waals surface area (Å²) < 4.78 is 21.0. The van der Waals surface area contributed by atoms with E-state index in [1.165, 1.54) is 32.6 Å². The Bertz CT molecular complexity index is 1120. The largest absolute Gasteiger partial charge is 0.497 e. The molecule has 2 N–H and O–H groups in total. The Balaban J connectivity index is 1.81. The average Bonchev–Trinajstić information content (AvgIpc) is 3.36. The zero-order chi connectivity index (χ0) is 23.8. The molecule has 1 atom stereocenters. The Hall–Kier alpha value is -4.20. The minimum absolute atomic E-state index is 0.0325. The minimum atomic E-state index is -0.485. The Morgan fingerprint density at radius 3 is 2.27 bits per heavy atom. The van der Waals surface area contributed by atoms with Crippen LogP contribution in [0.3, 0.4) is 0 Å². The molecule has 2 aromatic carbocycles. The van der Waals surface area contributed by atoms with E-state index in [0.717, 1.165) is 11.3 Å². The van der Waals surface area contributed by atoms with Gasteiger partial charge >= 0.3 is 0 Å². The van der Waals surface area contributed by atoms with Crippen LogP contribution in [0.2, 0.25) is 0 Å². The van der Waals surface area contributed by atoms with Crippen LogP contribution in [-0.4, -0.2) is 33.1 Å². The summed E-state index contributed by atoms with van der Waals surface area (Å²) in [4.78, 5) is 26.0.